The summed E-state index contributed by atoms with van der Waals surface area (Å²) in [6.07, 6.45) is 0. The molecule has 2 rings (SSSR count). The number of aryl methyl sites for hydroxylation is 1. The highest BCUT2D eigenvalue weighted by Gasteiger charge is 2.18. The molecule has 2 aromatic heterocycles. The molecule has 21 heavy (non-hydrogen) atoms. The maximum atomic E-state index is 11.7. The number of hydrogen-bond acceptors (Lipinski definition) is 6. The standard InChI is InChI=1S/C12H10N2O7/c1-6-8(12(16)17)4-7(20-6)5-13-11(15)9-2-3-10(21-9)14(18)19/h2-4H,5H2,1H3,(H,13,15)(H,16,17). The van der Waals surface area contributed by atoms with E-state index in [1.807, 2.05) is 0 Å². The van der Waals surface area contributed by atoms with Crippen molar-refractivity contribution in [3.05, 3.63) is 51.2 Å². The second kappa shape index (κ2) is 5.49. The van der Waals surface area contributed by atoms with Gasteiger partial charge in [-0.05, 0) is 19.1 Å². The highest BCUT2D eigenvalue weighted by molar-refractivity contribution is 5.91. The van der Waals surface area contributed by atoms with Crippen LogP contribution in [0.3, 0.4) is 0 Å². The van der Waals surface area contributed by atoms with E-state index < -0.39 is 22.7 Å². The summed E-state index contributed by atoms with van der Waals surface area (Å²) in [6.45, 7) is 1.42. The van der Waals surface area contributed by atoms with Gasteiger partial charge in [0.1, 0.15) is 22.0 Å². The summed E-state index contributed by atoms with van der Waals surface area (Å²) in [5.41, 5.74) is 0.00730. The lowest BCUT2D eigenvalue weighted by Crippen LogP contribution is -2.21. The number of amides is 1. The van der Waals surface area contributed by atoms with E-state index in [0.29, 0.717) is 0 Å². The number of carboxylic acid groups (broad SMARTS) is 1. The molecule has 1 amide bonds. The molecule has 110 valence electrons. The van der Waals surface area contributed by atoms with E-state index in [1.165, 1.54) is 19.1 Å². The maximum Gasteiger partial charge on any atom is 0.433 e. The Hall–Kier alpha value is -3.10. The number of nitro groups is 1. The van der Waals surface area contributed by atoms with E-state index in [2.05, 4.69) is 5.32 Å². The lowest BCUT2D eigenvalue weighted by Gasteiger charge is -1.99. The average molecular weight is 294 g/mol. The molecule has 2 N–H and O–H groups in total. The topological polar surface area (TPSA) is 136 Å². The van der Waals surface area contributed by atoms with Crippen LogP contribution in [0.4, 0.5) is 5.88 Å². The molecule has 2 aromatic rings. The molecule has 0 fully saturated rings. The first-order valence-electron chi connectivity index (χ1n) is 5.73. The largest absolute Gasteiger partial charge is 0.478 e. The minimum Gasteiger partial charge on any atom is -0.478 e. The van der Waals surface area contributed by atoms with Gasteiger partial charge in [0, 0.05) is 0 Å². The van der Waals surface area contributed by atoms with Gasteiger partial charge in [0.05, 0.1) is 12.6 Å². The molecule has 0 bridgehead atoms. The molecule has 0 aliphatic rings. The summed E-state index contributed by atoms with van der Waals surface area (Å²) in [6, 6.07) is 3.53. The first-order chi connectivity index (χ1) is 9.88. The fraction of sp³-hybridized carbons (Fsp3) is 0.167. The van der Waals surface area contributed by atoms with Crippen molar-refractivity contribution in [3.63, 3.8) is 0 Å². The predicted molar refractivity (Wildman–Crippen MR) is 66.9 cm³/mol. The van der Waals surface area contributed by atoms with Gasteiger partial charge in [0.2, 0.25) is 0 Å². The highest BCUT2D eigenvalue weighted by Crippen LogP contribution is 2.17. The second-order valence-electron chi connectivity index (χ2n) is 4.07. The van der Waals surface area contributed by atoms with Crippen LogP contribution in [0.15, 0.2) is 27.0 Å². The van der Waals surface area contributed by atoms with Gasteiger partial charge in [-0.15, -0.1) is 0 Å². The number of carbonyl (C=O) groups excluding carboxylic acids is 1. The first-order valence-corrected chi connectivity index (χ1v) is 5.73. The number of nitrogens with zero attached hydrogens (tertiary/aromatic N) is 1. The van der Waals surface area contributed by atoms with Crippen molar-refractivity contribution in [3.8, 4) is 0 Å². The maximum absolute atomic E-state index is 11.7. The van der Waals surface area contributed by atoms with Gasteiger partial charge in [0.15, 0.2) is 5.76 Å². The number of hydrogen-bond donors (Lipinski definition) is 2. The van der Waals surface area contributed by atoms with Gasteiger partial charge in [-0.2, -0.15) is 0 Å². The Labute approximate surface area is 117 Å². The molecule has 0 unspecified atom stereocenters. The Morgan fingerprint density at radius 3 is 2.62 bits per heavy atom. The van der Waals surface area contributed by atoms with Crippen LogP contribution in [0.25, 0.3) is 0 Å². The predicted octanol–water partition coefficient (Wildman–Crippen LogP) is 1.72. The molecule has 0 spiro atoms. The van der Waals surface area contributed by atoms with Crippen molar-refractivity contribution >= 4 is 17.8 Å². The smallest absolute Gasteiger partial charge is 0.433 e. The summed E-state index contributed by atoms with van der Waals surface area (Å²) < 4.78 is 9.90. The third kappa shape index (κ3) is 3.08. The van der Waals surface area contributed by atoms with E-state index in [-0.39, 0.29) is 29.4 Å². The van der Waals surface area contributed by atoms with E-state index >= 15 is 0 Å². The molecule has 0 saturated heterocycles. The van der Waals surface area contributed by atoms with Gasteiger partial charge in [0.25, 0.3) is 5.91 Å². The highest BCUT2D eigenvalue weighted by atomic mass is 16.6. The quantitative estimate of drug-likeness (QED) is 0.632. The molecular formula is C12H10N2O7. The van der Waals surface area contributed by atoms with Crippen molar-refractivity contribution in [2.75, 3.05) is 0 Å². The number of carbonyl (C=O) groups is 2. The zero-order valence-electron chi connectivity index (χ0n) is 10.8. The molecule has 0 radical (unpaired) electrons. The summed E-state index contributed by atoms with van der Waals surface area (Å²) in [4.78, 5) is 32.2. The van der Waals surface area contributed by atoms with Crippen molar-refractivity contribution in [2.45, 2.75) is 13.5 Å². The third-order valence-electron chi connectivity index (χ3n) is 2.62. The van der Waals surface area contributed by atoms with Crippen LogP contribution in [-0.4, -0.2) is 21.9 Å². The Morgan fingerprint density at radius 1 is 1.38 bits per heavy atom. The van der Waals surface area contributed by atoms with Gasteiger partial charge >= 0.3 is 11.9 Å². The first kappa shape index (κ1) is 14.3. The van der Waals surface area contributed by atoms with Crippen LogP contribution < -0.4 is 5.32 Å². The van der Waals surface area contributed by atoms with Gasteiger partial charge < -0.3 is 19.3 Å². The van der Waals surface area contributed by atoms with E-state index in [9.17, 15) is 19.7 Å². The van der Waals surface area contributed by atoms with E-state index in [0.717, 1.165) is 6.07 Å². The van der Waals surface area contributed by atoms with Gasteiger partial charge in [-0.25, -0.2) is 4.79 Å². The van der Waals surface area contributed by atoms with Gasteiger partial charge in [-0.1, -0.05) is 0 Å². The molecule has 9 nitrogen and oxygen atoms in total. The van der Waals surface area contributed by atoms with E-state index in [4.69, 9.17) is 13.9 Å². The SMILES string of the molecule is Cc1oc(CNC(=O)c2ccc([N+](=O)[O-])o2)cc1C(=O)O. The van der Waals surface area contributed by atoms with Crippen LogP contribution in [0.1, 0.15) is 32.4 Å². The normalized spacial score (nSPS) is 10.3. The molecule has 2 heterocycles. The minimum atomic E-state index is -1.13. The average Bonchev–Trinajstić information content (AvgIpc) is 3.02. The van der Waals surface area contributed by atoms with Crippen LogP contribution in [-0.2, 0) is 6.54 Å². The van der Waals surface area contributed by atoms with Crippen LogP contribution in [0.5, 0.6) is 0 Å². The third-order valence-corrected chi connectivity index (χ3v) is 2.62. The Morgan fingerprint density at radius 2 is 2.10 bits per heavy atom. The summed E-state index contributed by atoms with van der Waals surface area (Å²) in [5.74, 6) is -2.09. The zero-order valence-corrected chi connectivity index (χ0v) is 10.8. The monoisotopic (exact) mass is 294 g/mol. The molecule has 0 aliphatic heterocycles. The second-order valence-corrected chi connectivity index (χ2v) is 4.07. The molecule has 0 saturated carbocycles. The fourth-order valence-corrected chi connectivity index (χ4v) is 1.65. The van der Waals surface area contributed by atoms with Crippen molar-refractivity contribution in [1.82, 2.24) is 5.32 Å². The lowest BCUT2D eigenvalue weighted by molar-refractivity contribution is -0.402. The Kier molecular flexibility index (Phi) is 3.74. The lowest BCUT2D eigenvalue weighted by atomic mass is 10.2. The number of furan rings is 2. The van der Waals surface area contributed by atoms with Gasteiger partial charge in [-0.3, -0.25) is 14.9 Å². The van der Waals surface area contributed by atoms with Crippen molar-refractivity contribution in [1.29, 1.82) is 0 Å². The molecule has 0 aromatic carbocycles. The van der Waals surface area contributed by atoms with Crippen LogP contribution in [0, 0.1) is 17.0 Å². The number of nitrogens with one attached hydrogen (secondary N) is 1. The van der Waals surface area contributed by atoms with Crippen molar-refractivity contribution < 1.29 is 28.5 Å². The minimum absolute atomic E-state index is 0.00730. The Bertz CT molecular complexity index is 713. The summed E-state index contributed by atoms with van der Waals surface area (Å²) in [7, 11) is 0. The van der Waals surface area contributed by atoms with Crippen LogP contribution in [0.2, 0.25) is 0 Å². The molecule has 0 aliphatic carbocycles. The number of rotatable bonds is 5. The number of carboxylic acids is 1. The van der Waals surface area contributed by atoms with Crippen LogP contribution >= 0.6 is 0 Å². The molecule has 0 atom stereocenters. The van der Waals surface area contributed by atoms with E-state index in [1.54, 1.807) is 0 Å². The summed E-state index contributed by atoms with van der Waals surface area (Å²) >= 11 is 0. The fourth-order valence-electron chi connectivity index (χ4n) is 1.65. The molecular weight excluding hydrogens is 284 g/mol. The molecule has 9 heteroatoms. The summed E-state index contributed by atoms with van der Waals surface area (Å²) in [5, 5.41) is 21.7. The van der Waals surface area contributed by atoms with Crippen molar-refractivity contribution in [2.24, 2.45) is 0 Å². The zero-order chi connectivity index (χ0) is 15.6. The Balaban J connectivity index is 2.02. The number of aromatic carboxylic acids is 1.